The summed E-state index contributed by atoms with van der Waals surface area (Å²) < 4.78 is 11.8. The molecule has 4 atom stereocenters. The highest BCUT2D eigenvalue weighted by molar-refractivity contribution is 8.00. The molecule has 2 nitrogen and oxygen atoms in total. The molecule has 2 saturated heterocycles. The van der Waals surface area contributed by atoms with E-state index in [-0.39, 0.29) is 0 Å². The van der Waals surface area contributed by atoms with Gasteiger partial charge in [0.15, 0.2) is 0 Å². The van der Waals surface area contributed by atoms with E-state index >= 15 is 0 Å². The van der Waals surface area contributed by atoms with Crippen molar-refractivity contribution in [3.05, 3.63) is 71.8 Å². The molecule has 2 fully saturated rings. The summed E-state index contributed by atoms with van der Waals surface area (Å²) in [6.07, 6.45) is 51.1. The average molecular weight is 803 g/mol. The van der Waals surface area contributed by atoms with E-state index in [1.54, 1.807) is 0 Å². The van der Waals surface area contributed by atoms with Crippen molar-refractivity contribution in [1.29, 1.82) is 0 Å². The van der Waals surface area contributed by atoms with Gasteiger partial charge >= 0.3 is 0 Å². The molecular weight excluding hydrogens is 713 g/mol. The Kier molecular flexibility index (Phi) is 29.2. The van der Waals surface area contributed by atoms with Gasteiger partial charge < -0.3 is 9.47 Å². The molecule has 2 aliphatic heterocycles. The molecule has 324 valence electrons. The number of unbranched alkanes of at least 4 members (excludes halogenated alkanes) is 22. The summed E-state index contributed by atoms with van der Waals surface area (Å²) in [7, 11) is 0. The Balaban J connectivity index is 1.03. The van der Waals surface area contributed by atoms with Crippen LogP contribution >= 0.6 is 11.8 Å². The van der Waals surface area contributed by atoms with Gasteiger partial charge in [-0.05, 0) is 88.2 Å². The van der Waals surface area contributed by atoms with E-state index in [9.17, 15) is 0 Å². The fourth-order valence-electron chi connectivity index (χ4n) is 9.56. The monoisotopic (exact) mass is 803 g/mol. The Morgan fingerprint density at radius 3 is 1.02 bits per heavy atom. The van der Waals surface area contributed by atoms with E-state index in [1.165, 1.54) is 242 Å². The molecule has 2 heterocycles. The van der Waals surface area contributed by atoms with Crippen molar-refractivity contribution < 1.29 is 9.47 Å². The van der Waals surface area contributed by atoms with Crippen molar-refractivity contribution in [2.45, 2.75) is 254 Å². The quantitative estimate of drug-likeness (QED) is 0.0640. The van der Waals surface area contributed by atoms with Crippen LogP contribution in [-0.4, -0.2) is 35.9 Å². The zero-order chi connectivity index (χ0) is 39.5. The van der Waals surface area contributed by atoms with Gasteiger partial charge in [0, 0.05) is 23.7 Å². The smallest absolute Gasteiger partial charge is 0.0575 e. The highest BCUT2D eigenvalue weighted by atomic mass is 32.2. The van der Waals surface area contributed by atoms with Crippen LogP contribution in [0.3, 0.4) is 0 Å². The minimum atomic E-state index is 0.579. The summed E-state index contributed by atoms with van der Waals surface area (Å²) in [5.41, 5.74) is 3.05. The highest BCUT2D eigenvalue weighted by Crippen LogP contribution is 2.32. The Morgan fingerprint density at radius 2 is 0.702 bits per heavy atom. The predicted molar refractivity (Wildman–Crippen MR) is 252 cm³/mol. The van der Waals surface area contributed by atoms with E-state index < -0.39 is 0 Å². The zero-order valence-electron chi connectivity index (χ0n) is 37.2. The maximum atomic E-state index is 5.90. The van der Waals surface area contributed by atoms with Gasteiger partial charge in [0.25, 0.3) is 0 Å². The summed E-state index contributed by atoms with van der Waals surface area (Å²) in [5.74, 6) is 0. The van der Waals surface area contributed by atoms with Crippen molar-refractivity contribution in [3.8, 4) is 0 Å². The van der Waals surface area contributed by atoms with Gasteiger partial charge in [0.2, 0.25) is 0 Å². The Bertz CT molecular complexity index is 1040. The molecule has 0 N–H and O–H groups in total. The molecule has 3 heteroatoms. The lowest BCUT2D eigenvalue weighted by atomic mass is 10.0. The Labute approximate surface area is 358 Å². The Hall–Kier alpha value is -1.29. The SMILES string of the molecule is c1ccc(CC(CCCCCCCCCCCCCCC2CCCCO2)SC(CCCCCCCCCCCCCCC2CCCCO2)Cc2ccccc2)cc1. The molecule has 0 saturated carbocycles. The second-order valence-electron chi connectivity index (χ2n) is 18.4. The van der Waals surface area contributed by atoms with Gasteiger partial charge in [-0.15, -0.1) is 0 Å². The minimum absolute atomic E-state index is 0.579. The largest absolute Gasteiger partial charge is 0.378 e. The first kappa shape index (κ1) is 48.4. The first-order valence-electron chi connectivity index (χ1n) is 25.3. The number of benzene rings is 2. The standard InChI is InChI=1S/C54H90O2S/c1(5-9-13-17-27-39-51-41-31-33-45-55-51)3-7-11-15-19-29-43-53(47-49-35-23-21-24-36-49)57-54(48-50-37-25-22-26-38-50)44-30-20-16-12-8-4-2-6-10-14-18-28-40-52-42-32-34-46-56-52/h21-26,35-38,51-54H,1-20,27-34,39-48H2. The van der Waals surface area contributed by atoms with Crippen LogP contribution in [0.2, 0.25) is 0 Å². The van der Waals surface area contributed by atoms with Crippen molar-refractivity contribution in [3.63, 3.8) is 0 Å². The molecule has 57 heavy (non-hydrogen) atoms. The molecule has 4 rings (SSSR count). The van der Waals surface area contributed by atoms with E-state index in [0.29, 0.717) is 12.2 Å². The summed E-state index contributed by atoms with van der Waals surface area (Å²) in [6, 6.07) is 22.8. The summed E-state index contributed by atoms with van der Waals surface area (Å²) in [4.78, 5) is 0. The van der Waals surface area contributed by atoms with Crippen molar-refractivity contribution in [2.75, 3.05) is 13.2 Å². The molecule has 0 aliphatic carbocycles. The average Bonchev–Trinajstić information content (AvgIpc) is 3.25. The topological polar surface area (TPSA) is 18.5 Å². The van der Waals surface area contributed by atoms with Crippen molar-refractivity contribution in [2.24, 2.45) is 0 Å². The lowest BCUT2D eigenvalue weighted by Crippen LogP contribution is -2.18. The molecule has 0 radical (unpaired) electrons. The molecule has 2 aromatic rings. The third kappa shape index (κ3) is 25.8. The lowest BCUT2D eigenvalue weighted by molar-refractivity contribution is 0.00964. The molecule has 4 unspecified atom stereocenters. The summed E-state index contributed by atoms with van der Waals surface area (Å²) >= 11 is 2.35. The molecule has 0 bridgehead atoms. The zero-order valence-corrected chi connectivity index (χ0v) is 38.0. The highest BCUT2D eigenvalue weighted by Gasteiger charge is 2.19. The second kappa shape index (κ2) is 34.4. The Morgan fingerprint density at radius 1 is 0.386 bits per heavy atom. The summed E-state index contributed by atoms with van der Waals surface area (Å²) in [5, 5.41) is 1.45. The third-order valence-corrected chi connectivity index (χ3v) is 14.7. The van der Waals surface area contributed by atoms with Gasteiger partial charge in [-0.1, -0.05) is 215 Å². The van der Waals surface area contributed by atoms with Gasteiger partial charge in [-0.3, -0.25) is 0 Å². The van der Waals surface area contributed by atoms with Crippen LogP contribution in [0, 0.1) is 0 Å². The van der Waals surface area contributed by atoms with Crippen LogP contribution in [0.25, 0.3) is 0 Å². The predicted octanol–water partition coefficient (Wildman–Crippen LogP) is 17.0. The van der Waals surface area contributed by atoms with E-state index in [4.69, 9.17) is 9.47 Å². The summed E-state index contributed by atoms with van der Waals surface area (Å²) in [6.45, 7) is 2.01. The molecule has 0 aromatic heterocycles. The van der Waals surface area contributed by atoms with Crippen LogP contribution in [0.5, 0.6) is 0 Å². The second-order valence-corrected chi connectivity index (χ2v) is 20.0. The first-order valence-corrected chi connectivity index (χ1v) is 26.3. The normalized spacial score (nSPS) is 18.5. The molecule has 0 spiro atoms. The van der Waals surface area contributed by atoms with E-state index in [2.05, 4.69) is 72.4 Å². The maximum Gasteiger partial charge on any atom is 0.0575 e. The fraction of sp³-hybridized carbons (Fsp3) is 0.778. The van der Waals surface area contributed by atoms with Crippen LogP contribution in [-0.2, 0) is 22.3 Å². The number of hydrogen-bond donors (Lipinski definition) is 0. The van der Waals surface area contributed by atoms with Gasteiger partial charge in [0.1, 0.15) is 0 Å². The molecule has 2 aromatic carbocycles. The minimum Gasteiger partial charge on any atom is -0.378 e. The molecule has 2 aliphatic rings. The van der Waals surface area contributed by atoms with Crippen LogP contribution in [0.15, 0.2) is 60.7 Å². The maximum absolute atomic E-state index is 5.90. The van der Waals surface area contributed by atoms with Gasteiger partial charge in [0.05, 0.1) is 12.2 Å². The van der Waals surface area contributed by atoms with E-state index in [0.717, 1.165) is 23.7 Å². The molecular formula is C54H90O2S. The molecule has 0 amide bonds. The van der Waals surface area contributed by atoms with Gasteiger partial charge in [-0.2, -0.15) is 11.8 Å². The number of rotatable bonds is 36. The van der Waals surface area contributed by atoms with Crippen LogP contribution in [0.1, 0.15) is 229 Å². The van der Waals surface area contributed by atoms with Crippen LogP contribution in [0.4, 0.5) is 0 Å². The lowest BCUT2D eigenvalue weighted by Gasteiger charge is -2.24. The van der Waals surface area contributed by atoms with Crippen molar-refractivity contribution >= 4 is 11.8 Å². The van der Waals surface area contributed by atoms with Gasteiger partial charge in [-0.25, -0.2) is 0 Å². The first-order chi connectivity index (χ1) is 28.3. The number of ether oxygens (including phenoxy) is 2. The van der Waals surface area contributed by atoms with Crippen molar-refractivity contribution in [1.82, 2.24) is 0 Å². The van der Waals surface area contributed by atoms with E-state index in [1.807, 2.05) is 0 Å². The van der Waals surface area contributed by atoms with Crippen LogP contribution < -0.4 is 0 Å². The fourth-order valence-corrected chi connectivity index (χ4v) is 11.3. The number of hydrogen-bond acceptors (Lipinski definition) is 3. The number of thioether (sulfide) groups is 1. The third-order valence-electron chi connectivity index (χ3n) is 13.1.